The van der Waals surface area contributed by atoms with Gasteiger partial charge < -0.3 is 9.84 Å². The number of rotatable bonds is 4. The van der Waals surface area contributed by atoms with Gasteiger partial charge in [-0.3, -0.25) is 0 Å². The van der Waals surface area contributed by atoms with E-state index < -0.39 is 17.6 Å². The van der Waals surface area contributed by atoms with Crippen LogP contribution in [0.2, 0.25) is 0 Å². The number of aromatic carboxylic acids is 1. The van der Waals surface area contributed by atoms with Crippen LogP contribution in [-0.4, -0.2) is 11.1 Å². The van der Waals surface area contributed by atoms with E-state index >= 15 is 0 Å². The van der Waals surface area contributed by atoms with E-state index in [-0.39, 0.29) is 17.7 Å². The Balaban J connectivity index is 2.13. The zero-order valence-corrected chi connectivity index (χ0v) is 10.7. The predicted molar refractivity (Wildman–Crippen MR) is 68.8 cm³/mol. The molecule has 5 heteroatoms. The summed E-state index contributed by atoms with van der Waals surface area (Å²) in [6, 6.07) is 7.56. The first kappa shape index (κ1) is 14.0. The third-order valence-electron chi connectivity index (χ3n) is 2.83. The number of carbonyl (C=O) groups is 1. The average Bonchev–Trinajstić information content (AvgIpc) is 2.39. The van der Waals surface area contributed by atoms with Crippen LogP contribution in [0.5, 0.6) is 5.75 Å². The summed E-state index contributed by atoms with van der Waals surface area (Å²) in [6.45, 7) is 1.51. The van der Waals surface area contributed by atoms with Crippen molar-refractivity contribution in [3.8, 4) is 5.75 Å². The quantitative estimate of drug-likeness (QED) is 0.930. The van der Waals surface area contributed by atoms with E-state index in [1.165, 1.54) is 12.1 Å². The summed E-state index contributed by atoms with van der Waals surface area (Å²) < 4.78 is 31.7. The maximum absolute atomic E-state index is 13.4. The number of carboxylic acid groups (broad SMARTS) is 1. The number of aryl methyl sites for hydroxylation is 1. The standard InChI is InChI=1S/C15H12F2O3/c1-9-6-12(3-4-13(9)15(18)19)20-8-10-7-11(16)2-5-14(10)17/h2-7H,8H2,1H3,(H,18,19). The van der Waals surface area contributed by atoms with Gasteiger partial charge >= 0.3 is 5.97 Å². The molecule has 0 bridgehead atoms. The van der Waals surface area contributed by atoms with Crippen molar-refractivity contribution >= 4 is 5.97 Å². The van der Waals surface area contributed by atoms with E-state index in [4.69, 9.17) is 9.84 Å². The van der Waals surface area contributed by atoms with Crippen molar-refractivity contribution < 1.29 is 23.4 Å². The molecule has 0 aliphatic heterocycles. The molecule has 0 atom stereocenters. The van der Waals surface area contributed by atoms with Crippen molar-refractivity contribution in [1.82, 2.24) is 0 Å². The first-order chi connectivity index (χ1) is 9.47. The molecule has 0 unspecified atom stereocenters. The number of hydrogen-bond acceptors (Lipinski definition) is 2. The fourth-order valence-electron chi connectivity index (χ4n) is 1.78. The highest BCUT2D eigenvalue weighted by Crippen LogP contribution is 2.19. The molecule has 0 aliphatic rings. The van der Waals surface area contributed by atoms with Crippen LogP contribution >= 0.6 is 0 Å². The van der Waals surface area contributed by atoms with E-state index in [0.717, 1.165) is 18.2 Å². The molecule has 2 aromatic rings. The summed E-state index contributed by atoms with van der Waals surface area (Å²) in [4.78, 5) is 10.9. The van der Waals surface area contributed by atoms with Crippen LogP contribution in [0.15, 0.2) is 36.4 Å². The molecule has 2 rings (SSSR count). The van der Waals surface area contributed by atoms with Gasteiger partial charge in [0.1, 0.15) is 24.0 Å². The predicted octanol–water partition coefficient (Wildman–Crippen LogP) is 3.55. The van der Waals surface area contributed by atoms with Gasteiger partial charge in [-0.2, -0.15) is 0 Å². The first-order valence-electron chi connectivity index (χ1n) is 5.88. The smallest absolute Gasteiger partial charge is 0.335 e. The van der Waals surface area contributed by atoms with Gasteiger partial charge in [0.15, 0.2) is 0 Å². The third kappa shape index (κ3) is 3.12. The lowest BCUT2D eigenvalue weighted by Gasteiger charge is -2.09. The van der Waals surface area contributed by atoms with E-state index in [2.05, 4.69) is 0 Å². The molecule has 3 nitrogen and oxygen atoms in total. The molecule has 20 heavy (non-hydrogen) atoms. The molecule has 0 heterocycles. The minimum Gasteiger partial charge on any atom is -0.489 e. The number of hydrogen-bond donors (Lipinski definition) is 1. The fraction of sp³-hybridized carbons (Fsp3) is 0.133. The zero-order chi connectivity index (χ0) is 14.7. The van der Waals surface area contributed by atoms with Crippen LogP contribution in [0.1, 0.15) is 21.5 Å². The van der Waals surface area contributed by atoms with Crippen molar-refractivity contribution in [3.63, 3.8) is 0 Å². The van der Waals surface area contributed by atoms with Gasteiger partial charge in [-0.15, -0.1) is 0 Å². The summed E-state index contributed by atoms with van der Waals surface area (Å²) in [5.41, 5.74) is 0.814. The minimum atomic E-state index is -1.02. The molecule has 0 amide bonds. The number of halogens is 2. The maximum Gasteiger partial charge on any atom is 0.335 e. The van der Waals surface area contributed by atoms with Crippen molar-refractivity contribution in [3.05, 3.63) is 64.7 Å². The Morgan fingerprint density at radius 1 is 1.20 bits per heavy atom. The van der Waals surface area contributed by atoms with Gasteiger partial charge in [0.05, 0.1) is 5.56 Å². The largest absolute Gasteiger partial charge is 0.489 e. The Morgan fingerprint density at radius 2 is 1.95 bits per heavy atom. The first-order valence-corrected chi connectivity index (χ1v) is 5.88. The average molecular weight is 278 g/mol. The molecule has 0 radical (unpaired) electrons. The molecule has 0 fully saturated rings. The van der Waals surface area contributed by atoms with Gasteiger partial charge in [-0.1, -0.05) is 0 Å². The van der Waals surface area contributed by atoms with Crippen LogP contribution in [0.25, 0.3) is 0 Å². The molecule has 0 aliphatic carbocycles. The summed E-state index contributed by atoms with van der Waals surface area (Å²) >= 11 is 0. The topological polar surface area (TPSA) is 46.5 Å². The fourth-order valence-corrected chi connectivity index (χ4v) is 1.78. The summed E-state index contributed by atoms with van der Waals surface area (Å²) in [5, 5.41) is 8.90. The lowest BCUT2D eigenvalue weighted by atomic mass is 10.1. The molecular weight excluding hydrogens is 266 g/mol. The SMILES string of the molecule is Cc1cc(OCc2cc(F)ccc2F)ccc1C(=O)O. The summed E-state index contributed by atoms with van der Waals surface area (Å²) in [7, 11) is 0. The Labute approximate surface area is 114 Å². The molecule has 1 N–H and O–H groups in total. The minimum absolute atomic E-state index is 0.102. The van der Waals surface area contributed by atoms with Crippen LogP contribution in [-0.2, 0) is 6.61 Å². The second-order valence-electron chi connectivity index (χ2n) is 4.31. The number of benzene rings is 2. The number of carboxylic acids is 1. The van der Waals surface area contributed by atoms with E-state index in [1.807, 2.05) is 0 Å². The second-order valence-corrected chi connectivity index (χ2v) is 4.31. The molecule has 0 saturated carbocycles. The Morgan fingerprint density at radius 3 is 2.60 bits per heavy atom. The van der Waals surface area contributed by atoms with Crippen LogP contribution < -0.4 is 4.74 Å². The normalized spacial score (nSPS) is 10.3. The second kappa shape index (κ2) is 5.69. The van der Waals surface area contributed by atoms with Crippen molar-refractivity contribution in [1.29, 1.82) is 0 Å². The van der Waals surface area contributed by atoms with Gasteiger partial charge in [-0.05, 0) is 48.9 Å². The van der Waals surface area contributed by atoms with Crippen LogP contribution in [0.3, 0.4) is 0 Å². The molecule has 0 aromatic heterocycles. The monoisotopic (exact) mass is 278 g/mol. The lowest BCUT2D eigenvalue weighted by molar-refractivity contribution is 0.0696. The molecular formula is C15H12F2O3. The molecule has 2 aromatic carbocycles. The van der Waals surface area contributed by atoms with Gasteiger partial charge in [0.25, 0.3) is 0 Å². The van der Waals surface area contributed by atoms with Crippen molar-refractivity contribution in [2.75, 3.05) is 0 Å². The summed E-state index contributed by atoms with van der Waals surface area (Å²) in [5.74, 6) is -1.71. The van der Waals surface area contributed by atoms with Gasteiger partial charge in [-0.25, -0.2) is 13.6 Å². The maximum atomic E-state index is 13.4. The van der Waals surface area contributed by atoms with Crippen molar-refractivity contribution in [2.24, 2.45) is 0 Å². The highest BCUT2D eigenvalue weighted by atomic mass is 19.1. The highest BCUT2D eigenvalue weighted by molar-refractivity contribution is 5.89. The Kier molecular flexibility index (Phi) is 3.98. The molecule has 0 saturated heterocycles. The summed E-state index contributed by atoms with van der Waals surface area (Å²) in [6.07, 6.45) is 0. The van der Waals surface area contributed by atoms with E-state index in [1.54, 1.807) is 13.0 Å². The van der Waals surface area contributed by atoms with Crippen LogP contribution in [0, 0.1) is 18.6 Å². The third-order valence-corrected chi connectivity index (χ3v) is 2.83. The Hall–Kier alpha value is -2.43. The lowest BCUT2D eigenvalue weighted by Crippen LogP contribution is -2.02. The number of ether oxygens (including phenoxy) is 1. The molecule has 104 valence electrons. The van der Waals surface area contributed by atoms with E-state index in [0.29, 0.717) is 11.3 Å². The van der Waals surface area contributed by atoms with Crippen molar-refractivity contribution in [2.45, 2.75) is 13.5 Å². The van der Waals surface area contributed by atoms with Crippen LogP contribution in [0.4, 0.5) is 8.78 Å². The highest BCUT2D eigenvalue weighted by Gasteiger charge is 2.09. The zero-order valence-electron chi connectivity index (χ0n) is 10.7. The molecule has 0 spiro atoms. The van der Waals surface area contributed by atoms with Gasteiger partial charge in [0, 0.05) is 5.56 Å². The van der Waals surface area contributed by atoms with Gasteiger partial charge in [0.2, 0.25) is 0 Å². The van der Waals surface area contributed by atoms with E-state index in [9.17, 15) is 13.6 Å². The Bertz CT molecular complexity index is 654.